The van der Waals surface area contributed by atoms with E-state index in [1.54, 1.807) is 0 Å². The summed E-state index contributed by atoms with van der Waals surface area (Å²) in [5.41, 5.74) is 2.57. The first-order valence-electron chi connectivity index (χ1n) is 9.51. The highest BCUT2D eigenvalue weighted by Gasteiger charge is 2.51. The molecule has 4 aliphatic rings. The molecule has 0 saturated heterocycles. The van der Waals surface area contributed by atoms with Crippen molar-refractivity contribution >= 4 is 0 Å². The summed E-state index contributed by atoms with van der Waals surface area (Å²) in [5.74, 6) is 5.01. The average molecular weight is 284 g/mol. The SMILES string of the molecule is C=CCC1CC[C@H]2C(=CC[C@@H]3[C@@H]2CC[C@]2(C)CCC[C@@H]32)C1. The third kappa shape index (κ3) is 2.25. The molecule has 0 aromatic carbocycles. The summed E-state index contributed by atoms with van der Waals surface area (Å²) in [4.78, 5) is 0. The van der Waals surface area contributed by atoms with E-state index in [0.717, 1.165) is 29.6 Å². The maximum absolute atomic E-state index is 3.95. The van der Waals surface area contributed by atoms with Gasteiger partial charge in [-0.05, 0) is 92.8 Å². The zero-order chi connectivity index (χ0) is 14.4. The smallest absolute Gasteiger partial charge is 0.0172 e. The molecule has 0 spiro atoms. The van der Waals surface area contributed by atoms with E-state index in [1.807, 2.05) is 5.57 Å². The number of allylic oxidation sites excluding steroid dienone is 3. The Labute approximate surface area is 131 Å². The molecule has 0 aromatic heterocycles. The maximum Gasteiger partial charge on any atom is -0.0172 e. The van der Waals surface area contributed by atoms with Crippen LogP contribution in [0.2, 0.25) is 0 Å². The molecule has 1 unspecified atom stereocenters. The molecule has 0 aromatic rings. The number of fused-ring (bicyclic) bond motifs is 5. The van der Waals surface area contributed by atoms with Crippen LogP contribution in [0.3, 0.4) is 0 Å². The fourth-order valence-electron chi connectivity index (χ4n) is 6.78. The van der Waals surface area contributed by atoms with Gasteiger partial charge in [-0.15, -0.1) is 6.58 Å². The molecule has 0 heterocycles. The summed E-state index contributed by atoms with van der Waals surface area (Å²) in [5, 5.41) is 0. The maximum atomic E-state index is 3.95. The molecular formula is C21H32. The molecule has 3 saturated carbocycles. The van der Waals surface area contributed by atoms with Crippen molar-refractivity contribution in [1.82, 2.24) is 0 Å². The minimum absolute atomic E-state index is 0.715. The zero-order valence-electron chi connectivity index (χ0n) is 13.8. The minimum atomic E-state index is 0.715. The monoisotopic (exact) mass is 284 g/mol. The molecule has 0 heteroatoms. The van der Waals surface area contributed by atoms with Crippen molar-refractivity contribution in [3.05, 3.63) is 24.3 Å². The molecule has 0 amide bonds. The van der Waals surface area contributed by atoms with Gasteiger partial charge in [0.2, 0.25) is 0 Å². The van der Waals surface area contributed by atoms with Crippen LogP contribution >= 0.6 is 0 Å². The molecule has 0 aliphatic heterocycles. The van der Waals surface area contributed by atoms with E-state index >= 15 is 0 Å². The van der Waals surface area contributed by atoms with Gasteiger partial charge in [-0.2, -0.15) is 0 Å². The Bertz CT molecular complexity index is 445. The second-order valence-electron chi connectivity index (χ2n) is 8.81. The lowest BCUT2D eigenvalue weighted by atomic mass is 9.52. The van der Waals surface area contributed by atoms with Crippen molar-refractivity contribution in [3.8, 4) is 0 Å². The van der Waals surface area contributed by atoms with Crippen molar-refractivity contribution in [2.24, 2.45) is 35.0 Å². The summed E-state index contributed by atoms with van der Waals surface area (Å²) in [6, 6.07) is 0. The Morgan fingerprint density at radius 3 is 2.95 bits per heavy atom. The fourth-order valence-corrected chi connectivity index (χ4v) is 6.78. The van der Waals surface area contributed by atoms with E-state index in [1.165, 1.54) is 64.2 Å². The first-order valence-corrected chi connectivity index (χ1v) is 9.51. The van der Waals surface area contributed by atoms with E-state index in [4.69, 9.17) is 0 Å². The summed E-state index contributed by atoms with van der Waals surface area (Å²) in [6.45, 7) is 6.56. The summed E-state index contributed by atoms with van der Waals surface area (Å²) >= 11 is 0. The van der Waals surface area contributed by atoms with Crippen molar-refractivity contribution in [2.45, 2.75) is 71.1 Å². The van der Waals surface area contributed by atoms with Crippen molar-refractivity contribution < 1.29 is 0 Å². The number of hydrogen-bond acceptors (Lipinski definition) is 0. The van der Waals surface area contributed by atoms with Crippen LogP contribution in [0.25, 0.3) is 0 Å². The second-order valence-corrected chi connectivity index (χ2v) is 8.81. The largest absolute Gasteiger partial charge is 0.103 e. The van der Waals surface area contributed by atoms with Crippen LogP contribution in [-0.2, 0) is 0 Å². The lowest BCUT2D eigenvalue weighted by molar-refractivity contribution is 0.00752. The van der Waals surface area contributed by atoms with Gasteiger partial charge < -0.3 is 0 Å². The molecule has 0 N–H and O–H groups in total. The molecule has 0 bridgehead atoms. The van der Waals surface area contributed by atoms with Crippen LogP contribution in [0.4, 0.5) is 0 Å². The van der Waals surface area contributed by atoms with Gasteiger partial charge >= 0.3 is 0 Å². The summed E-state index contributed by atoms with van der Waals surface area (Å²) in [6.07, 6.45) is 19.4. The second kappa shape index (κ2) is 5.28. The normalized spacial score (nSPS) is 48.8. The van der Waals surface area contributed by atoms with Gasteiger partial charge in [0.1, 0.15) is 0 Å². The molecule has 116 valence electrons. The minimum Gasteiger partial charge on any atom is -0.103 e. The lowest BCUT2D eigenvalue weighted by Gasteiger charge is -2.52. The van der Waals surface area contributed by atoms with Crippen LogP contribution in [0.5, 0.6) is 0 Å². The molecule has 21 heavy (non-hydrogen) atoms. The molecule has 4 aliphatic carbocycles. The van der Waals surface area contributed by atoms with E-state index in [-0.39, 0.29) is 0 Å². The van der Waals surface area contributed by atoms with Crippen LogP contribution in [0, 0.1) is 35.0 Å². The van der Waals surface area contributed by atoms with Gasteiger partial charge in [0, 0.05) is 0 Å². The van der Waals surface area contributed by atoms with Crippen LogP contribution in [0.1, 0.15) is 71.1 Å². The molecule has 0 nitrogen and oxygen atoms in total. The molecule has 4 rings (SSSR count). The van der Waals surface area contributed by atoms with Crippen LogP contribution in [0.15, 0.2) is 24.3 Å². The van der Waals surface area contributed by atoms with Crippen molar-refractivity contribution in [3.63, 3.8) is 0 Å². The van der Waals surface area contributed by atoms with Crippen LogP contribution in [-0.4, -0.2) is 0 Å². The van der Waals surface area contributed by atoms with E-state index < -0.39 is 0 Å². The molecule has 3 fully saturated rings. The zero-order valence-corrected chi connectivity index (χ0v) is 13.8. The lowest BCUT2D eigenvalue weighted by Crippen LogP contribution is -2.44. The van der Waals surface area contributed by atoms with Gasteiger partial charge in [-0.1, -0.05) is 31.1 Å². The summed E-state index contributed by atoms with van der Waals surface area (Å²) < 4.78 is 0. The van der Waals surface area contributed by atoms with Gasteiger partial charge in [-0.25, -0.2) is 0 Å². The van der Waals surface area contributed by atoms with E-state index in [9.17, 15) is 0 Å². The number of hydrogen-bond donors (Lipinski definition) is 0. The van der Waals surface area contributed by atoms with Crippen LogP contribution < -0.4 is 0 Å². The highest BCUT2D eigenvalue weighted by Crippen LogP contribution is 2.61. The van der Waals surface area contributed by atoms with Gasteiger partial charge in [0.15, 0.2) is 0 Å². The topological polar surface area (TPSA) is 0 Å². The van der Waals surface area contributed by atoms with Crippen molar-refractivity contribution in [1.29, 1.82) is 0 Å². The highest BCUT2D eigenvalue weighted by atomic mass is 14.6. The number of rotatable bonds is 2. The predicted molar refractivity (Wildman–Crippen MR) is 90.0 cm³/mol. The van der Waals surface area contributed by atoms with E-state index in [2.05, 4.69) is 25.7 Å². The standard InChI is InChI=1S/C21H32/c1-3-5-15-7-9-17-16(14-15)8-10-19-18(17)11-13-21(2)12-4-6-20(19)21/h3,8,15,17-20H,1,4-7,9-14H2,2H3/t15?,17-,18+,19+,20-,21-/m0/s1. The Morgan fingerprint density at radius 1 is 1.19 bits per heavy atom. The highest BCUT2D eigenvalue weighted by molar-refractivity contribution is 5.19. The first-order chi connectivity index (χ1) is 10.2. The third-order valence-electron chi connectivity index (χ3n) is 7.83. The van der Waals surface area contributed by atoms with E-state index in [0.29, 0.717) is 5.41 Å². The van der Waals surface area contributed by atoms with Crippen molar-refractivity contribution in [2.75, 3.05) is 0 Å². The molecular weight excluding hydrogens is 252 g/mol. The average Bonchev–Trinajstić information content (AvgIpc) is 2.89. The molecule has 6 atom stereocenters. The van der Waals surface area contributed by atoms with Gasteiger partial charge in [-0.3, -0.25) is 0 Å². The fraction of sp³-hybridized carbons (Fsp3) is 0.810. The molecule has 0 radical (unpaired) electrons. The first kappa shape index (κ1) is 14.1. The van der Waals surface area contributed by atoms with Gasteiger partial charge in [0.05, 0.1) is 0 Å². The Kier molecular flexibility index (Phi) is 3.55. The quantitative estimate of drug-likeness (QED) is 0.534. The predicted octanol–water partition coefficient (Wildman–Crippen LogP) is 6.14. The Hall–Kier alpha value is -0.520. The summed E-state index contributed by atoms with van der Waals surface area (Å²) in [7, 11) is 0. The Balaban J connectivity index is 1.55. The van der Waals surface area contributed by atoms with Gasteiger partial charge in [0.25, 0.3) is 0 Å². The Morgan fingerprint density at radius 2 is 2.10 bits per heavy atom. The third-order valence-corrected chi connectivity index (χ3v) is 7.83.